The van der Waals surface area contributed by atoms with E-state index in [9.17, 15) is 19.2 Å². The minimum Gasteiger partial charge on any atom is -0.455 e. The zero-order valence-corrected chi connectivity index (χ0v) is 44.9. The van der Waals surface area contributed by atoms with Gasteiger partial charge in [0.1, 0.15) is 6.61 Å². The molecule has 1 saturated heterocycles. The van der Waals surface area contributed by atoms with Crippen molar-refractivity contribution >= 4 is 48.9 Å². The van der Waals surface area contributed by atoms with E-state index in [-0.39, 0.29) is 24.3 Å². The fourth-order valence-electron chi connectivity index (χ4n) is 8.08. The Labute approximate surface area is 414 Å². The number of unbranched alkanes of at least 4 members (excludes halogenated alkanes) is 3. The molecule has 4 rings (SSSR count). The van der Waals surface area contributed by atoms with Gasteiger partial charge in [0.2, 0.25) is 0 Å². The minimum absolute atomic E-state index is 0.120. The van der Waals surface area contributed by atoms with Crippen LogP contribution in [0.4, 0.5) is 4.79 Å². The summed E-state index contributed by atoms with van der Waals surface area (Å²) in [6, 6.07) is 30.4. The van der Waals surface area contributed by atoms with Gasteiger partial charge in [0.05, 0.1) is 22.9 Å². The number of amides is 1. The van der Waals surface area contributed by atoms with Crippen LogP contribution in [0.15, 0.2) is 96.0 Å². The topological polar surface area (TPSA) is 139 Å². The predicted molar refractivity (Wildman–Crippen MR) is 275 cm³/mol. The van der Waals surface area contributed by atoms with Gasteiger partial charge in [0, 0.05) is 31.8 Å². The van der Waals surface area contributed by atoms with Crippen LogP contribution in [0.2, 0.25) is 5.04 Å². The predicted octanol–water partition coefficient (Wildman–Crippen LogP) is 10.6. The molecule has 0 aliphatic carbocycles. The molecule has 1 amide bonds. The molecule has 0 aromatic heterocycles. The van der Waals surface area contributed by atoms with E-state index >= 15 is 0 Å². The first kappa shape index (κ1) is 56.7. The molecule has 1 aliphatic heterocycles. The van der Waals surface area contributed by atoms with Crippen molar-refractivity contribution in [2.45, 2.75) is 177 Å². The van der Waals surface area contributed by atoms with Crippen LogP contribution < -0.4 is 10.4 Å². The number of rotatable bonds is 21. The van der Waals surface area contributed by atoms with Gasteiger partial charge in [-0.05, 0) is 103 Å². The molecule has 0 N–H and O–H groups in total. The second kappa shape index (κ2) is 25.3. The zero-order chi connectivity index (χ0) is 51.0. The van der Waals surface area contributed by atoms with Crippen molar-refractivity contribution < 1.29 is 47.3 Å². The quantitative estimate of drug-likeness (QED) is 0.0333. The molecular weight excluding hydrogens is 889 g/mol. The standard InChI is InChI=1S/C56H82N2O10Si/c1-14-15-19-30-42(35-36-57-48-47(68-51(61)55(8,9)10)46(67-50(60)54(5,6)7)45(40-63-48)66-49(59)53(2,3)4)58(52(62)64-39-41-28-20-16-21-29-41)37-26-27-38-65-69(56(11,12)13,43-31-22-17-23-32-43)44-33-24-18-25-34-44/h16-18,20-25,28-29,31-34,36,42,45-48H,14-15,19,26-27,30,35,37-40H2,1-13H3/b57-36+/t42-,45-,46?,47?,48+/m1/s1. The first-order chi connectivity index (χ1) is 32.4. The first-order valence-corrected chi connectivity index (χ1v) is 26.8. The maximum Gasteiger partial charge on any atom is 0.410 e. The lowest BCUT2D eigenvalue weighted by atomic mass is 9.94. The Kier molecular flexibility index (Phi) is 20.8. The van der Waals surface area contributed by atoms with Crippen LogP contribution in [0.25, 0.3) is 0 Å². The molecule has 1 heterocycles. The Balaban J connectivity index is 1.66. The van der Waals surface area contributed by atoms with Crippen molar-refractivity contribution in [3.8, 4) is 0 Å². The molecule has 69 heavy (non-hydrogen) atoms. The molecular formula is C56H82N2O10Si. The molecule has 1 aliphatic rings. The Hall–Kier alpha value is -4.85. The number of carbonyl (C=O) groups is 4. The maximum absolute atomic E-state index is 14.3. The Morgan fingerprint density at radius 2 is 1.19 bits per heavy atom. The summed E-state index contributed by atoms with van der Waals surface area (Å²) < 4.78 is 37.6. The number of ether oxygens (including phenoxy) is 5. The van der Waals surface area contributed by atoms with E-state index in [1.54, 1.807) is 68.5 Å². The number of aliphatic imine (C=N–C) groups is 1. The van der Waals surface area contributed by atoms with Gasteiger partial charge in [-0.1, -0.05) is 138 Å². The van der Waals surface area contributed by atoms with Crippen molar-refractivity contribution in [3.63, 3.8) is 0 Å². The molecule has 380 valence electrons. The number of hydrogen-bond donors (Lipinski definition) is 0. The van der Waals surface area contributed by atoms with Crippen LogP contribution in [0.3, 0.4) is 0 Å². The zero-order valence-electron chi connectivity index (χ0n) is 43.9. The molecule has 13 heteroatoms. The number of benzene rings is 3. The van der Waals surface area contributed by atoms with Gasteiger partial charge in [-0.25, -0.2) is 4.79 Å². The monoisotopic (exact) mass is 971 g/mol. The second-order valence-corrected chi connectivity index (χ2v) is 26.6. The summed E-state index contributed by atoms with van der Waals surface area (Å²) in [4.78, 5) is 61.4. The summed E-state index contributed by atoms with van der Waals surface area (Å²) in [5, 5.41) is 2.25. The van der Waals surface area contributed by atoms with Crippen molar-refractivity contribution in [1.82, 2.24) is 4.90 Å². The normalized spacial score (nSPS) is 18.6. The van der Waals surface area contributed by atoms with Gasteiger partial charge in [-0.2, -0.15) is 0 Å². The summed E-state index contributed by atoms with van der Waals surface area (Å²) in [7, 11) is -2.77. The minimum atomic E-state index is -2.77. The number of hydrogen-bond acceptors (Lipinski definition) is 11. The molecule has 0 saturated carbocycles. The maximum atomic E-state index is 14.3. The van der Waals surface area contributed by atoms with E-state index in [0.29, 0.717) is 38.8 Å². The van der Waals surface area contributed by atoms with Crippen LogP contribution >= 0.6 is 0 Å². The van der Waals surface area contributed by atoms with Crippen LogP contribution in [0.5, 0.6) is 0 Å². The smallest absolute Gasteiger partial charge is 0.410 e. The molecule has 0 spiro atoms. The largest absolute Gasteiger partial charge is 0.455 e. The van der Waals surface area contributed by atoms with Crippen molar-refractivity contribution in [2.24, 2.45) is 21.2 Å². The third-order valence-electron chi connectivity index (χ3n) is 12.2. The van der Waals surface area contributed by atoms with Crippen molar-refractivity contribution in [3.05, 3.63) is 96.6 Å². The highest BCUT2D eigenvalue weighted by Gasteiger charge is 2.51. The lowest BCUT2D eigenvalue weighted by molar-refractivity contribution is -0.233. The summed E-state index contributed by atoms with van der Waals surface area (Å²) >= 11 is 0. The summed E-state index contributed by atoms with van der Waals surface area (Å²) in [5.41, 5.74) is -1.85. The molecule has 0 radical (unpaired) electrons. The van der Waals surface area contributed by atoms with Crippen LogP contribution in [-0.4, -0.2) is 93.8 Å². The van der Waals surface area contributed by atoms with Gasteiger partial charge >= 0.3 is 24.0 Å². The SMILES string of the molecule is CCCCC[C@H](C/C=N/[C@H]1OC[C@@H](OC(=O)C(C)(C)C)C(OC(=O)C(C)(C)C)C1OC(=O)C(C)(C)C)N(CCCCO[Si](c1ccccc1)(c1ccccc1)C(C)(C)C)C(=O)OCc1ccccc1. The van der Waals surface area contributed by atoms with Gasteiger partial charge in [0.25, 0.3) is 8.32 Å². The second-order valence-electron chi connectivity index (χ2n) is 22.3. The fraction of sp³-hybridized carbons (Fsp3) is 0.589. The Bertz CT molecular complexity index is 2050. The van der Waals surface area contributed by atoms with Gasteiger partial charge < -0.3 is 33.0 Å². The summed E-state index contributed by atoms with van der Waals surface area (Å²) in [6.07, 6.45) is 1.81. The fourth-order valence-corrected chi connectivity index (χ4v) is 12.7. The lowest BCUT2D eigenvalue weighted by Crippen LogP contribution is -2.66. The molecule has 3 aromatic rings. The Morgan fingerprint density at radius 3 is 1.70 bits per heavy atom. The van der Waals surface area contributed by atoms with Crippen LogP contribution in [-0.2, 0) is 49.1 Å². The van der Waals surface area contributed by atoms with Crippen molar-refractivity contribution in [2.75, 3.05) is 19.8 Å². The molecule has 2 unspecified atom stereocenters. The molecule has 0 bridgehead atoms. The molecule has 1 fully saturated rings. The Morgan fingerprint density at radius 1 is 0.681 bits per heavy atom. The van der Waals surface area contributed by atoms with E-state index in [0.717, 1.165) is 24.8 Å². The highest BCUT2D eigenvalue weighted by atomic mass is 28.4. The van der Waals surface area contributed by atoms with Gasteiger partial charge in [-0.15, -0.1) is 0 Å². The average Bonchev–Trinajstić information content (AvgIpc) is 3.28. The van der Waals surface area contributed by atoms with E-state index in [1.807, 2.05) is 47.4 Å². The van der Waals surface area contributed by atoms with Gasteiger partial charge in [0.15, 0.2) is 24.5 Å². The molecule has 12 nitrogen and oxygen atoms in total. The highest BCUT2D eigenvalue weighted by molar-refractivity contribution is 6.99. The average molecular weight is 971 g/mol. The molecule has 5 atom stereocenters. The van der Waals surface area contributed by atoms with E-state index in [2.05, 4.69) is 76.2 Å². The highest BCUT2D eigenvalue weighted by Crippen LogP contribution is 2.37. The lowest BCUT2D eigenvalue weighted by Gasteiger charge is -2.43. The van der Waals surface area contributed by atoms with E-state index in [1.165, 1.54) is 10.4 Å². The summed E-state index contributed by atoms with van der Waals surface area (Å²) in [6.45, 7) is 25.3. The van der Waals surface area contributed by atoms with Crippen LogP contribution in [0.1, 0.15) is 141 Å². The van der Waals surface area contributed by atoms with Crippen LogP contribution in [0, 0.1) is 16.2 Å². The van der Waals surface area contributed by atoms with E-state index in [4.69, 9.17) is 33.1 Å². The van der Waals surface area contributed by atoms with E-state index < -0.39 is 73.1 Å². The third kappa shape index (κ3) is 16.4. The third-order valence-corrected chi connectivity index (χ3v) is 17.2. The number of nitrogens with zero attached hydrogens (tertiary/aromatic N) is 2. The van der Waals surface area contributed by atoms with Gasteiger partial charge in [-0.3, -0.25) is 19.4 Å². The molecule has 3 aromatic carbocycles. The first-order valence-electron chi connectivity index (χ1n) is 24.9. The number of esters is 3. The summed E-state index contributed by atoms with van der Waals surface area (Å²) in [5.74, 6) is -1.66. The van der Waals surface area contributed by atoms with Crippen molar-refractivity contribution in [1.29, 1.82) is 0 Å². The number of carbonyl (C=O) groups excluding carboxylic acids is 4.